The first kappa shape index (κ1) is 13.2. The van der Waals surface area contributed by atoms with Crippen LogP contribution in [0.5, 0.6) is 0 Å². The van der Waals surface area contributed by atoms with Gasteiger partial charge in [-0.2, -0.15) is 0 Å². The van der Waals surface area contributed by atoms with Crippen LogP contribution in [0.1, 0.15) is 26.7 Å². The normalized spacial score (nSPS) is 14.3. The standard InChI is InChI=1S/C9H21N3O2/c1-3-4-6-14-7-5-11-8(2)9(10)12-13/h8,11,13H,3-7H2,1-2H3,(H2,10,12). The highest BCUT2D eigenvalue weighted by Gasteiger charge is 2.04. The lowest BCUT2D eigenvalue weighted by Gasteiger charge is -2.11. The van der Waals surface area contributed by atoms with E-state index in [1.807, 2.05) is 6.92 Å². The molecular weight excluding hydrogens is 182 g/mol. The number of nitrogens with two attached hydrogens (primary N) is 1. The van der Waals surface area contributed by atoms with Gasteiger partial charge in [0.2, 0.25) is 0 Å². The second kappa shape index (κ2) is 8.77. The van der Waals surface area contributed by atoms with Gasteiger partial charge in [0.1, 0.15) is 0 Å². The quantitative estimate of drug-likeness (QED) is 0.177. The summed E-state index contributed by atoms with van der Waals surface area (Å²) in [6.45, 7) is 6.13. The molecule has 1 atom stereocenters. The second-order valence-corrected chi connectivity index (χ2v) is 3.17. The van der Waals surface area contributed by atoms with Crippen LogP contribution in [0.3, 0.4) is 0 Å². The molecule has 0 spiro atoms. The zero-order valence-electron chi connectivity index (χ0n) is 8.99. The molecule has 0 heterocycles. The van der Waals surface area contributed by atoms with E-state index in [-0.39, 0.29) is 11.9 Å². The lowest BCUT2D eigenvalue weighted by molar-refractivity contribution is 0.132. The molecule has 0 aromatic heterocycles. The van der Waals surface area contributed by atoms with Crippen molar-refractivity contribution in [2.75, 3.05) is 19.8 Å². The maximum absolute atomic E-state index is 8.37. The van der Waals surface area contributed by atoms with Crippen LogP contribution in [0, 0.1) is 0 Å². The van der Waals surface area contributed by atoms with Crippen LogP contribution in [0.4, 0.5) is 0 Å². The molecule has 0 amide bonds. The van der Waals surface area contributed by atoms with Crippen LogP contribution in [0.2, 0.25) is 0 Å². The van der Waals surface area contributed by atoms with Gasteiger partial charge in [-0.3, -0.25) is 0 Å². The second-order valence-electron chi connectivity index (χ2n) is 3.17. The van der Waals surface area contributed by atoms with Gasteiger partial charge in [-0.1, -0.05) is 18.5 Å². The molecule has 0 radical (unpaired) electrons. The van der Waals surface area contributed by atoms with E-state index in [1.54, 1.807) is 0 Å². The number of oxime groups is 1. The largest absolute Gasteiger partial charge is 0.409 e. The SMILES string of the molecule is CCCCOCCNC(C)C(N)=NO. The first-order valence-electron chi connectivity index (χ1n) is 5.00. The lowest BCUT2D eigenvalue weighted by atomic mass is 10.3. The summed E-state index contributed by atoms with van der Waals surface area (Å²) < 4.78 is 5.33. The van der Waals surface area contributed by atoms with Crippen molar-refractivity contribution in [2.45, 2.75) is 32.7 Å². The van der Waals surface area contributed by atoms with Crippen molar-refractivity contribution in [2.24, 2.45) is 10.9 Å². The Labute approximate surface area is 85.3 Å². The monoisotopic (exact) mass is 203 g/mol. The molecule has 0 aliphatic rings. The van der Waals surface area contributed by atoms with Crippen molar-refractivity contribution in [1.82, 2.24) is 5.32 Å². The molecule has 0 saturated carbocycles. The van der Waals surface area contributed by atoms with Gasteiger partial charge < -0.3 is 21.0 Å². The minimum atomic E-state index is -0.116. The first-order valence-corrected chi connectivity index (χ1v) is 5.00. The number of ether oxygens (including phenoxy) is 1. The Morgan fingerprint density at radius 3 is 2.86 bits per heavy atom. The van der Waals surface area contributed by atoms with Crippen molar-refractivity contribution in [3.05, 3.63) is 0 Å². The summed E-state index contributed by atoms with van der Waals surface area (Å²) in [4.78, 5) is 0. The summed E-state index contributed by atoms with van der Waals surface area (Å²) >= 11 is 0. The van der Waals surface area contributed by atoms with E-state index in [4.69, 9.17) is 15.7 Å². The lowest BCUT2D eigenvalue weighted by Crippen LogP contribution is -2.40. The molecule has 84 valence electrons. The topological polar surface area (TPSA) is 79.9 Å². The molecule has 0 bridgehead atoms. The summed E-state index contributed by atoms with van der Waals surface area (Å²) in [5.74, 6) is 0.193. The van der Waals surface area contributed by atoms with Crippen molar-refractivity contribution in [3.8, 4) is 0 Å². The Morgan fingerprint density at radius 1 is 1.57 bits per heavy atom. The number of hydrogen-bond donors (Lipinski definition) is 3. The molecule has 0 aromatic rings. The van der Waals surface area contributed by atoms with Crippen LogP contribution in [-0.2, 0) is 4.74 Å². The Bertz CT molecular complexity index is 162. The fourth-order valence-electron chi connectivity index (χ4n) is 0.887. The number of unbranched alkanes of at least 4 members (excludes halogenated alkanes) is 1. The Balaban J connectivity index is 3.27. The van der Waals surface area contributed by atoms with Gasteiger partial charge in [-0.25, -0.2) is 0 Å². The average Bonchev–Trinajstić information content (AvgIpc) is 2.21. The highest BCUT2D eigenvalue weighted by atomic mass is 16.5. The molecule has 5 nitrogen and oxygen atoms in total. The summed E-state index contributed by atoms with van der Waals surface area (Å²) in [6, 6.07) is -0.116. The van der Waals surface area contributed by atoms with E-state index in [0.29, 0.717) is 13.2 Å². The number of amidine groups is 1. The molecular formula is C9H21N3O2. The predicted octanol–water partition coefficient (Wildman–Crippen LogP) is 0.528. The molecule has 4 N–H and O–H groups in total. The van der Waals surface area contributed by atoms with Gasteiger partial charge in [0.25, 0.3) is 0 Å². The maximum atomic E-state index is 8.37. The van der Waals surface area contributed by atoms with Crippen molar-refractivity contribution in [1.29, 1.82) is 0 Å². The van der Waals surface area contributed by atoms with Gasteiger partial charge in [0, 0.05) is 13.2 Å². The Hall–Kier alpha value is -0.810. The van der Waals surface area contributed by atoms with E-state index in [9.17, 15) is 0 Å². The maximum Gasteiger partial charge on any atom is 0.156 e. The number of nitrogens with zero attached hydrogens (tertiary/aromatic N) is 1. The number of nitrogens with one attached hydrogen (secondary N) is 1. The molecule has 0 aliphatic heterocycles. The summed E-state index contributed by atoms with van der Waals surface area (Å²) in [7, 11) is 0. The Morgan fingerprint density at radius 2 is 2.29 bits per heavy atom. The van der Waals surface area contributed by atoms with E-state index in [1.165, 1.54) is 0 Å². The van der Waals surface area contributed by atoms with E-state index in [0.717, 1.165) is 19.4 Å². The molecule has 0 fully saturated rings. The van der Waals surface area contributed by atoms with Gasteiger partial charge in [-0.15, -0.1) is 0 Å². The molecule has 1 unspecified atom stereocenters. The zero-order valence-corrected chi connectivity index (χ0v) is 8.99. The summed E-state index contributed by atoms with van der Waals surface area (Å²) in [5.41, 5.74) is 5.38. The van der Waals surface area contributed by atoms with Gasteiger partial charge in [0.15, 0.2) is 5.84 Å². The van der Waals surface area contributed by atoms with Crippen LogP contribution in [0.25, 0.3) is 0 Å². The average molecular weight is 203 g/mol. The molecule has 0 saturated heterocycles. The third-order valence-corrected chi connectivity index (χ3v) is 1.90. The van der Waals surface area contributed by atoms with Crippen molar-refractivity contribution < 1.29 is 9.94 Å². The minimum Gasteiger partial charge on any atom is -0.409 e. The van der Waals surface area contributed by atoms with E-state index in [2.05, 4.69) is 17.4 Å². The summed E-state index contributed by atoms with van der Waals surface area (Å²) in [6.07, 6.45) is 2.24. The molecule has 5 heteroatoms. The fourth-order valence-corrected chi connectivity index (χ4v) is 0.887. The van der Waals surface area contributed by atoms with E-state index >= 15 is 0 Å². The predicted molar refractivity (Wildman–Crippen MR) is 56.6 cm³/mol. The molecule has 14 heavy (non-hydrogen) atoms. The Kier molecular flexibility index (Phi) is 8.27. The van der Waals surface area contributed by atoms with Gasteiger partial charge in [0.05, 0.1) is 12.6 Å². The molecule has 0 aromatic carbocycles. The number of hydrogen-bond acceptors (Lipinski definition) is 4. The van der Waals surface area contributed by atoms with Gasteiger partial charge >= 0.3 is 0 Å². The van der Waals surface area contributed by atoms with Crippen LogP contribution < -0.4 is 11.1 Å². The third-order valence-electron chi connectivity index (χ3n) is 1.90. The molecule has 0 rings (SSSR count). The smallest absolute Gasteiger partial charge is 0.156 e. The van der Waals surface area contributed by atoms with Crippen LogP contribution in [0.15, 0.2) is 5.16 Å². The first-order chi connectivity index (χ1) is 6.72. The molecule has 0 aliphatic carbocycles. The highest BCUT2D eigenvalue weighted by molar-refractivity contribution is 5.84. The minimum absolute atomic E-state index is 0.116. The highest BCUT2D eigenvalue weighted by Crippen LogP contribution is 1.87. The van der Waals surface area contributed by atoms with Crippen LogP contribution in [-0.4, -0.2) is 36.8 Å². The van der Waals surface area contributed by atoms with Gasteiger partial charge in [-0.05, 0) is 13.3 Å². The number of rotatable bonds is 8. The van der Waals surface area contributed by atoms with Crippen LogP contribution >= 0.6 is 0 Å². The third kappa shape index (κ3) is 6.68. The van der Waals surface area contributed by atoms with Crippen molar-refractivity contribution >= 4 is 5.84 Å². The van der Waals surface area contributed by atoms with Crippen molar-refractivity contribution in [3.63, 3.8) is 0 Å². The zero-order chi connectivity index (χ0) is 10.8. The fraction of sp³-hybridized carbons (Fsp3) is 0.889. The van der Waals surface area contributed by atoms with E-state index < -0.39 is 0 Å². The summed E-state index contributed by atoms with van der Waals surface area (Å²) in [5, 5.41) is 14.3.